The number of rotatable bonds is 9. The van der Waals surface area contributed by atoms with Crippen LogP contribution in [0, 0.1) is 0 Å². The number of halogens is 2. The van der Waals surface area contributed by atoms with E-state index < -0.39 is 5.54 Å². The van der Waals surface area contributed by atoms with Crippen molar-refractivity contribution in [2.45, 2.75) is 61.6 Å². The number of hydrogen-bond acceptors (Lipinski definition) is 6. The summed E-state index contributed by atoms with van der Waals surface area (Å²) in [6.07, 6.45) is 7.74. The Morgan fingerprint density at radius 3 is 2.30 bits per heavy atom. The predicted molar refractivity (Wildman–Crippen MR) is 132 cm³/mol. The van der Waals surface area contributed by atoms with E-state index in [1.165, 1.54) is 36.3 Å². The van der Waals surface area contributed by atoms with E-state index in [4.69, 9.17) is 5.73 Å². The molecule has 0 saturated carbocycles. The van der Waals surface area contributed by atoms with Gasteiger partial charge in [-0.15, -0.1) is 47.9 Å². The molecule has 3 heterocycles. The highest BCUT2D eigenvalue weighted by Gasteiger charge is 2.44. The fourth-order valence-electron chi connectivity index (χ4n) is 4.38. The number of carbonyl (C=O) groups excluding carboxylic acids is 2. The molecule has 2 fully saturated rings. The van der Waals surface area contributed by atoms with Crippen molar-refractivity contribution in [3.05, 3.63) is 17.0 Å². The summed E-state index contributed by atoms with van der Waals surface area (Å²) < 4.78 is 1.23. The van der Waals surface area contributed by atoms with Crippen molar-refractivity contribution in [1.82, 2.24) is 9.80 Å². The molecule has 2 aliphatic rings. The second-order valence-electron chi connectivity index (χ2n) is 8.02. The molecule has 1 aromatic rings. The molecule has 2 N–H and O–H groups in total. The topological polar surface area (TPSA) is 66.6 Å². The first kappa shape index (κ1) is 27.7. The van der Waals surface area contributed by atoms with Crippen LogP contribution in [0.15, 0.2) is 16.3 Å². The van der Waals surface area contributed by atoms with E-state index in [9.17, 15) is 9.59 Å². The van der Waals surface area contributed by atoms with Gasteiger partial charge in [-0.05, 0) is 83.0 Å². The van der Waals surface area contributed by atoms with E-state index in [0.29, 0.717) is 0 Å². The van der Waals surface area contributed by atoms with E-state index in [1.54, 1.807) is 18.3 Å². The summed E-state index contributed by atoms with van der Waals surface area (Å²) in [6, 6.07) is 3.98. The molecule has 172 valence electrons. The Balaban J connectivity index is 0.00000225. The zero-order valence-corrected chi connectivity index (χ0v) is 21.0. The molecule has 2 saturated heterocycles. The van der Waals surface area contributed by atoms with Crippen LogP contribution in [-0.2, 0) is 4.79 Å². The number of nitrogens with two attached hydrogens (primary N) is 1. The number of hydrogen-bond donors (Lipinski definition) is 1. The SMILES string of the molecule is CC(=O)c1ccc(SCCCCN2CCC(C(N)=O)(N3CCCCC3)CC2)s1.Cl.Cl. The molecule has 0 atom stereocenters. The Morgan fingerprint density at radius 1 is 1.07 bits per heavy atom. The van der Waals surface area contributed by atoms with Gasteiger partial charge in [0.2, 0.25) is 5.91 Å². The molecule has 0 radical (unpaired) electrons. The van der Waals surface area contributed by atoms with Crippen molar-refractivity contribution < 1.29 is 9.59 Å². The summed E-state index contributed by atoms with van der Waals surface area (Å²) in [5.74, 6) is 1.12. The fraction of sp³-hybridized carbons (Fsp3) is 0.714. The van der Waals surface area contributed by atoms with Gasteiger partial charge >= 0.3 is 0 Å². The van der Waals surface area contributed by atoms with E-state index in [-0.39, 0.29) is 36.5 Å². The number of Topliss-reactive ketones (excluding diaryl/α,β-unsaturated/α-hetero) is 1. The van der Waals surface area contributed by atoms with Crippen LogP contribution < -0.4 is 5.73 Å². The van der Waals surface area contributed by atoms with Gasteiger partial charge in [0.15, 0.2) is 5.78 Å². The van der Waals surface area contributed by atoms with Crippen LogP contribution in [0.4, 0.5) is 0 Å². The maximum Gasteiger partial charge on any atom is 0.238 e. The molecule has 2 aliphatic heterocycles. The molecular weight excluding hydrogens is 461 g/mol. The Bertz CT molecular complexity index is 673. The van der Waals surface area contributed by atoms with Gasteiger partial charge in [0.05, 0.1) is 9.09 Å². The third-order valence-electron chi connectivity index (χ3n) is 6.14. The number of likely N-dealkylation sites (tertiary alicyclic amines) is 2. The standard InChI is InChI=1S/C21H33N3O2S2.2ClH/c1-17(25)18-7-8-19(28-18)27-16-6-5-11-23-14-9-21(10-15-23,20(22)26)24-12-3-2-4-13-24;;/h7-8H,2-6,9-16H2,1H3,(H2,22,26);2*1H. The Kier molecular flexibility index (Phi) is 12.3. The first-order valence-corrected chi connectivity index (χ1v) is 12.3. The van der Waals surface area contributed by atoms with Crippen molar-refractivity contribution in [2.75, 3.05) is 38.5 Å². The molecule has 1 aromatic heterocycles. The van der Waals surface area contributed by atoms with E-state index in [2.05, 4.69) is 15.9 Å². The van der Waals surface area contributed by atoms with Crippen LogP contribution in [0.5, 0.6) is 0 Å². The fourth-order valence-corrected chi connectivity index (χ4v) is 6.49. The Hall–Kier alpha value is -0.310. The molecule has 30 heavy (non-hydrogen) atoms. The lowest BCUT2D eigenvalue weighted by Gasteiger charge is -2.48. The van der Waals surface area contributed by atoms with Crippen LogP contribution in [0.2, 0.25) is 0 Å². The van der Waals surface area contributed by atoms with Gasteiger partial charge < -0.3 is 10.6 Å². The number of unbranched alkanes of at least 4 members (excludes halogenated alkanes) is 1. The van der Waals surface area contributed by atoms with Gasteiger partial charge in [-0.25, -0.2) is 0 Å². The molecule has 0 aliphatic carbocycles. The minimum absolute atomic E-state index is 0. The summed E-state index contributed by atoms with van der Waals surface area (Å²) in [6.45, 7) is 6.71. The summed E-state index contributed by atoms with van der Waals surface area (Å²) in [7, 11) is 0. The van der Waals surface area contributed by atoms with Gasteiger partial charge in [-0.2, -0.15) is 0 Å². The van der Waals surface area contributed by atoms with Gasteiger partial charge in [-0.3, -0.25) is 14.5 Å². The third kappa shape index (κ3) is 7.10. The second-order valence-corrected chi connectivity index (χ2v) is 10.5. The molecular formula is C21H35Cl2N3O2S2. The molecule has 0 aromatic carbocycles. The van der Waals surface area contributed by atoms with Crippen molar-refractivity contribution >= 4 is 59.6 Å². The number of thioether (sulfide) groups is 1. The predicted octanol–water partition coefficient (Wildman–Crippen LogP) is 4.47. The number of nitrogens with zero attached hydrogens (tertiary/aromatic N) is 2. The Labute approximate surface area is 201 Å². The third-order valence-corrected chi connectivity index (χ3v) is 8.64. The quantitative estimate of drug-likeness (QED) is 0.310. The van der Waals surface area contributed by atoms with Crippen LogP contribution in [0.1, 0.15) is 61.5 Å². The minimum atomic E-state index is -0.402. The maximum atomic E-state index is 12.3. The molecule has 0 spiro atoms. The maximum absolute atomic E-state index is 12.3. The summed E-state index contributed by atoms with van der Waals surface area (Å²) in [5, 5.41) is 0. The largest absolute Gasteiger partial charge is 0.368 e. The molecule has 9 heteroatoms. The zero-order chi connectivity index (χ0) is 20.0. The number of carbonyl (C=O) groups is 2. The monoisotopic (exact) mass is 495 g/mol. The lowest BCUT2D eigenvalue weighted by Crippen LogP contribution is -2.63. The van der Waals surface area contributed by atoms with Crippen molar-refractivity contribution in [2.24, 2.45) is 5.73 Å². The van der Waals surface area contributed by atoms with Crippen LogP contribution >= 0.6 is 47.9 Å². The van der Waals surface area contributed by atoms with Crippen molar-refractivity contribution in [3.8, 4) is 0 Å². The Morgan fingerprint density at radius 2 is 1.73 bits per heavy atom. The van der Waals surface area contributed by atoms with E-state index >= 15 is 0 Å². The average molecular weight is 497 g/mol. The summed E-state index contributed by atoms with van der Waals surface area (Å²) >= 11 is 3.45. The lowest BCUT2D eigenvalue weighted by atomic mass is 9.83. The molecule has 0 unspecified atom stereocenters. The molecule has 1 amide bonds. The van der Waals surface area contributed by atoms with Crippen LogP contribution in [-0.4, -0.2) is 65.5 Å². The van der Waals surface area contributed by atoms with E-state index in [1.807, 2.05) is 17.8 Å². The summed E-state index contributed by atoms with van der Waals surface area (Å²) in [4.78, 5) is 29.4. The number of piperidine rings is 2. The molecule has 5 nitrogen and oxygen atoms in total. The second kappa shape index (κ2) is 13.3. The van der Waals surface area contributed by atoms with Gasteiger partial charge in [0.1, 0.15) is 5.54 Å². The normalized spacial score (nSPS) is 19.5. The zero-order valence-electron chi connectivity index (χ0n) is 17.8. The number of amides is 1. The first-order valence-electron chi connectivity index (χ1n) is 10.5. The molecule has 0 bridgehead atoms. The first-order chi connectivity index (χ1) is 13.5. The molecule has 3 rings (SSSR count). The average Bonchev–Trinajstić information content (AvgIpc) is 3.18. The van der Waals surface area contributed by atoms with Gasteiger partial charge in [0, 0.05) is 13.1 Å². The highest BCUT2D eigenvalue weighted by atomic mass is 35.5. The minimum Gasteiger partial charge on any atom is -0.368 e. The number of thiophene rings is 1. The van der Waals surface area contributed by atoms with Crippen LogP contribution in [0.25, 0.3) is 0 Å². The van der Waals surface area contributed by atoms with Crippen LogP contribution in [0.3, 0.4) is 0 Å². The van der Waals surface area contributed by atoms with Gasteiger partial charge in [-0.1, -0.05) is 6.42 Å². The smallest absolute Gasteiger partial charge is 0.238 e. The van der Waals surface area contributed by atoms with Crippen molar-refractivity contribution in [3.63, 3.8) is 0 Å². The van der Waals surface area contributed by atoms with Crippen molar-refractivity contribution in [1.29, 1.82) is 0 Å². The number of ketones is 1. The highest BCUT2D eigenvalue weighted by Crippen LogP contribution is 2.32. The lowest BCUT2D eigenvalue weighted by molar-refractivity contribution is -0.135. The van der Waals surface area contributed by atoms with Gasteiger partial charge in [0.25, 0.3) is 0 Å². The van der Waals surface area contributed by atoms with E-state index in [0.717, 1.165) is 56.2 Å². The summed E-state index contributed by atoms with van der Waals surface area (Å²) in [5.41, 5.74) is 5.47. The number of primary amides is 1. The highest BCUT2D eigenvalue weighted by molar-refractivity contribution is 8.01.